The van der Waals surface area contributed by atoms with E-state index in [0.29, 0.717) is 5.41 Å². The summed E-state index contributed by atoms with van der Waals surface area (Å²) in [7, 11) is 0. The number of aromatic nitrogens is 1. The van der Waals surface area contributed by atoms with E-state index in [9.17, 15) is 0 Å². The summed E-state index contributed by atoms with van der Waals surface area (Å²) in [5.41, 5.74) is 3.00. The fourth-order valence-electron chi connectivity index (χ4n) is 2.13. The van der Waals surface area contributed by atoms with Gasteiger partial charge in [-0.15, -0.1) is 11.8 Å². The maximum atomic E-state index is 4.44. The summed E-state index contributed by atoms with van der Waals surface area (Å²) >= 11 is 1.90. The van der Waals surface area contributed by atoms with Crippen molar-refractivity contribution in [2.45, 2.75) is 66.2 Å². The summed E-state index contributed by atoms with van der Waals surface area (Å²) in [5, 5.41) is 2.20. The molecule has 0 aromatic carbocycles. The van der Waals surface area contributed by atoms with Crippen molar-refractivity contribution in [1.29, 1.82) is 0 Å². The van der Waals surface area contributed by atoms with Crippen molar-refractivity contribution in [3.8, 4) is 0 Å². The van der Waals surface area contributed by atoms with E-state index < -0.39 is 0 Å². The molecule has 0 radical (unpaired) electrons. The molecule has 1 heterocycles. The van der Waals surface area contributed by atoms with Gasteiger partial charge in [-0.25, -0.2) is 0 Å². The highest BCUT2D eigenvalue weighted by molar-refractivity contribution is 8.02. The van der Waals surface area contributed by atoms with E-state index in [2.05, 4.69) is 70.1 Å². The number of hydrogen-bond donors (Lipinski definition) is 0. The first-order valence-corrected chi connectivity index (χ1v) is 9.04. The van der Waals surface area contributed by atoms with E-state index in [1.165, 1.54) is 30.6 Å². The van der Waals surface area contributed by atoms with Crippen molar-refractivity contribution in [2.75, 3.05) is 5.75 Å². The summed E-state index contributed by atoms with van der Waals surface area (Å²) in [5.74, 6) is 1.17. The van der Waals surface area contributed by atoms with Crippen molar-refractivity contribution in [3.05, 3.63) is 35.0 Å². The minimum absolute atomic E-state index is 0.181. The van der Waals surface area contributed by atoms with Gasteiger partial charge >= 0.3 is 0 Å². The van der Waals surface area contributed by atoms with Crippen LogP contribution >= 0.6 is 11.8 Å². The van der Waals surface area contributed by atoms with Gasteiger partial charge in [0.2, 0.25) is 0 Å². The van der Waals surface area contributed by atoms with E-state index in [-0.39, 0.29) is 5.41 Å². The zero-order valence-electron chi connectivity index (χ0n) is 14.6. The standard InChI is InChI=1S/C19H31NS/c1-7-8-11-19(5,6)15-21-13-10-17-14-16(9-12-20-17)18(2,3)4/h9-10,12-14H,7-8,11,15H2,1-6H3/b13-10+. The molecule has 0 aliphatic heterocycles. The number of nitrogens with zero attached hydrogens (tertiary/aromatic N) is 1. The molecule has 1 aromatic rings. The number of hydrogen-bond acceptors (Lipinski definition) is 2. The molecule has 0 bridgehead atoms. The van der Waals surface area contributed by atoms with Gasteiger partial charge in [-0.3, -0.25) is 4.98 Å². The lowest BCUT2D eigenvalue weighted by atomic mass is 9.87. The average Bonchev–Trinajstić information content (AvgIpc) is 2.41. The summed E-state index contributed by atoms with van der Waals surface area (Å²) in [6, 6.07) is 4.30. The van der Waals surface area contributed by atoms with Crippen LogP contribution in [0.3, 0.4) is 0 Å². The molecule has 0 N–H and O–H groups in total. The molecule has 0 spiro atoms. The molecule has 1 nitrogen and oxygen atoms in total. The van der Waals surface area contributed by atoms with E-state index in [1.54, 1.807) is 0 Å². The van der Waals surface area contributed by atoms with Crippen molar-refractivity contribution in [3.63, 3.8) is 0 Å². The van der Waals surface area contributed by atoms with Crippen molar-refractivity contribution < 1.29 is 0 Å². The zero-order valence-corrected chi connectivity index (χ0v) is 15.4. The number of pyridine rings is 1. The monoisotopic (exact) mass is 305 g/mol. The van der Waals surface area contributed by atoms with Gasteiger partial charge in [0.15, 0.2) is 0 Å². The Morgan fingerprint density at radius 3 is 2.52 bits per heavy atom. The first-order valence-electron chi connectivity index (χ1n) is 7.99. The van der Waals surface area contributed by atoms with E-state index >= 15 is 0 Å². The SMILES string of the molecule is CCCCC(C)(C)CS/C=C/c1cc(C(C)(C)C)ccn1. The normalized spacial score (nSPS) is 13.0. The Morgan fingerprint density at radius 1 is 1.19 bits per heavy atom. The largest absolute Gasteiger partial charge is 0.257 e. The molecule has 0 saturated carbocycles. The quantitative estimate of drug-likeness (QED) is 0.586. The fraction of sp³-hybridized carbons (Fsp3) is 0.632. The van der Waals surface area contributed by atoms with E-state index in [4.69, 9.17) is 0 Å². The van der Waals surface area contributed by atoms with Gasteiger partial charge in [-0.05, 0) is 46.4 Å². The second kappa shape index (κ2) is 8.03. The molecule has 1 rings (SSSR count). The molecule has 1 aromatic heterocycles. The first kappa shape index (κ1) is 18.3. The van der Waals surface area contributed by atoms with Crippen molar-refractivity contribution in [2.24, 2.45) is 5.41 Å². The predicted molar refractivity (Wildman–Crippen MR) is 97.7 cm³/mol. The van der Waals surface area contributed by atoms with Gasteiger partial charge in [-0.1, -0.05) is 54.4 Å². The highest BCUT2D eigenvalue weighted by Crippen LogP contribution is 2.29. The summed E-state index contributed by atoms with van der Waals surface area (Å²) in [6.45, 7) is 13.7. The van der Waals surface area contributed by atoms with Crippen LogP contribution in [0, 0.1) is 5.41 Å². The van der Waals surface area contributed by atoms with Crippen molar-refractivity contribution in [1.82, 2.24) is 4.98 Å². The topological polar surface area (TPSA) is 12.9 Å². The second-order valence-electron chi connectivity index (χ2n) is 7.60. The molecule has 0 unspecified atom stereocenters. The van der Waals surface area contributed by atoms with Crippen LogP contribution in [-0.2, 0) is 5.41 Å². The van der Waals surface area contributed by atoms with Crippen LogP contribution in [-0.4, -0.2) is 10.7 Å². The van der Waals surface area contributed by atoms with Crippen LogP contribution in [0.2, 0.25) is 0 Å². The van der Waals surface area contributed by atoms with Gasteiger partial charge in [0, 0.05) is 11.9 Å². The van der Waals surface area contributed by atoms with Crippen LogP contribution in [0.15, 0.2) is 23.7 Å². The maximum Gasteiger partial charge on any atom is 0.0637 e. The number of thioether (sulfide) groups is 1. The van der Waals surface area contributed by atoms with Crippen LogP contribution < -0.4 is 0 Å². The highest BCUT2D eigenvalue weighted by Gasteiger charge is 2.16. The Labute approximate surface area is 135 Å². The Bertz CT molecular complexity index is 455. The minimum atomic E-state index is 0.181. The Balaban J connectivity index is 2.54. The third kappa shape index (κ3) is 7.17. The lowest BCUT2D eigenvalue weighted by Crippen LogP contribution is -2.13. The zero-order chi connectivity index (χ0) is 15.9. The molecule has 118 valence electrons. The first-order chi connectivity index (χ1) is 9.74. The van der Waals surface area contributed by atoms with Crippen LogP contribution in [0.1, 0.15) is 72.1 Å². The van der Waals surface area contributed by atoms with Gasteiger partial charge in [0.1, 0.15) is 0 Å². The van der Waals surface area contributed by atoms with Crippen LogP contribution in [0.25, 0.3) is 6.08 Å². The summed E-state index contributed by atoms with van der Waals surface area (Å²) in [6.07, 6.45) is 7.97. The molecule has 21 heavy (non-hydrogen) atoms. The van der Waals surface area contributed by atoms with Crippen molar-refractivity contribution >= 4 is 17.8 Å². The van der Waals surface area contributed by atoms with Gasteiger partial charge < -0.3 is 0 Å². The highest BCUT2D eigenvalue weighted by atomic mass is 32.2. The predicted octanol–water partition coefficient (Wildman–Crippen LogP) is 6.30. The third-order valence-corrected chi connectivity index (χ3v) is 4.94. The molecule has 0 fully saturated rings. The Morgan fingerprint density at radius 2 is 1.90 bits per heavy atom. The minimum Gasteiger partial charge on any atom is -0.257 e. The molecule has 0 atom stereocenters. The van der Waals surface area contributed by atoms with Gasteiger partial charge in [0.05, 0.1) is 5.69 Å². The van der Waals surface area contributed by atoms with E-state index in [1.807, 2.05) is 18.0 Å². The van der Waals surface area contributed by atoms with Crippen LogP contribution in [0.5, 0.6) is 0 Å². The summed E-state index contributed by atoms with van der Waals surface area (Å²) < 4.78 is 0. The lowest BCUT2D eigenvalue weighted by Gasteiger charge is -2.23. The van der Waals surface area contributed by atoms with E-state index in [0.717, 1.165) is 5.69 Å². The molecule has 0 saturated heterocycles. The van der Waals surface area contributed by atoms with Gasteiger partial charge in [0.25, 0.3) is 0 Å². The third-order valence-electron chi connectivity index (χ3n) is 3.66. The number of rotatable bonds is 7. The van der Waals surface area contributed by atoms with Gasteiger partial charge in [-0.2, -0.15) is 0 Å². The molecular formula is C19H31NS. The molecule has 0 aliphatic carbocycles. The fourth-order valence-corrected chi connectivity index (χ4v) is 3.05. The lowest BCUT2D eigenvalue weighted by molar-refractivity contribution is 0.373. The van der Waals surface area contributed by atoms with Crippen LogP contribution in [0.4, 0.5) is 0 Å². The molecule has 0 aliphatic rings. The average molecular weight is 306 g/mol. The molecule has 2 heteroatoms. The second-order valence-corrected chi connectivity index (χ2v) is 8.50. The molecular weight excluding hydrogens is 274 g/mol. The number of unbranched alkanes of at least 4 members (excludes halogenated alkanes) is 1. The summed E-state index contributed by atoms with van der Waals surface area (Å²) in [4.78, 5) is 4.44. The Hall–Kier alpha value is -0.760. The molecule has 0 amide bonds. The maximum absolute atomic E-state index is 4.44. The Kier molecular flexibility index (Phi) is 6.99. The smallest absolute Gasteiger partial charge is 0.0637 e.